The van der Waals surface area contributed by atoms with Crippen LogP contribution in [0.1, 0.15) is 5.01 Å². The fourth-order valence-electron chi connectivity index (χ4n) is 0.704. The van der Waals surface area contributed by atoms with Crippen molar-refractivity contribution in [3.63, 3.8) is 0 Å². The van der Waals surface area contributed by atoms with Crippen LogP contribution >= 0.6 is 33.9 Å². The van der Waals surface area contributed by atoms with Crippen molar-refractivity contribution in [2.24, 2.45) is 0 Å². The van der Waals surface area contributed by atoms with Crippen LogP contribution in [0.5, 0.6) is 0 Å². The highest BCUT2D eigenvalue weighted by molar-refractivity contribution is 14.1. The molecule has 0 bridgehead atoms. The molecule has 72 valence electrons. The Morgan fingerprint density at radius 3 is 3.00 bits per heavy atom. The van der Waals surface area contributed by atoms with Crippen LogP contribution < -0.4 is 0 Å². The van der Waals surface area contributed by atoms with Crippen LogP contribution in [0.15, 0.2) is 11.8 Å². The molecule has 0 unspecified atom stereocenters. The predicted octanol–water partition coefficient (Wildman–Crippen LogP) is 1.83. The number of hydrogen-bond acceptors (Lipinski definition) is 5. The molecule has 0 saturated carbocycles. The Balaban J connectivity index is 2.96. The number of rotatable bonds is 2. The molecule has 1 rings (SSSR count). The lowest BCUT2D eigenvalue weighted by molar-refractivity contribution is -0.135. The molecule has 0 aromatic carbocycles. The van der Waals surface area contributed by atoms with Gasteiger partial charge in [-0.25, -0.2) is 9.78 Å². The molecule has 0 atom stereocenters. The van der Waals surface area contributed by atoms with Crippen molar-refractivity contribution in [1.82, 2.24) is 4.98 Å². The summed E-state index contributed by atoms with van der Waals surface area (Å²) < 4.78 is 5.42. The van der Waals surface area contributed by atoms with E-state index in [1.54, 1.807) is 12.3 Å². The van der Waals surface area contributed by atoms with E-state index in [0.717, 1.165) is 2.88 Å². The second kappa shape index (κ2) is 5.07. The smallest absolute Gasteiger partial charge is 0.348 e. The van der Waals surface area contributed by atoms with Crippen molar-refractivity contribution in [3.05, 3.63) is 19.7 Å². The fraction of sp³-hybridized carbons (Fsp3) is 0.125. The first kappa shape index (κ1) is 11.1. The third-order valence-electron chi connectivity index (χ3n) is 1.29. The van der Waals surface area contributed by atoms with E-state index in [9.17, 15) is 4.79 Å². The molecule has 0 aliphatic carbocycles. The number of carbonyl (C=O) groups is 1. The van der Waals surface area contributed by atoms with Gasteiger partial charge in [0.15, 0.2) is 0 Å². The summed E-state index contributed by atoms with van der Waals surface area (Å²) in [6.07, 6.45) is 3.09. The van der Waals surface area contributed by atoms with Crippen molar-refractivity contribution in [2.75, 3.05) is 7.11 Å². The number of carbonyl (C=O) groups excluding carboxylic acids is 1. The van der Waals surface area contributed by atoms with Gasteiger partial charge in [-0.1, -0.05) is 0 Å². The summed E-state index contributed by atoms with van der Waals surface area (Å²) in [5.74, 6) is -0.641. The van der Waals surface area contributed by atoms with Gasteiger partial charge in [-0.15, -0.1) is 11.3 Å². The highest BCUT2D eigenvalue weighted by Crippen LogP contribution is 2.17. The predicted molar refractivity (Wildman–Crippen MR) is 60.4 cm³/mol. The van der Waals surface area contributed by atoms with Gasteiger partial charge in [0.2, 0.25) is 0 Å². The van der Waals surface area contributed by atoms with Gasteiger partial charge in [-0.05, 0) is 28.7 Å². The summed E-state index contributed by atoms with van der Waals surface area (Å²) in [5.41, 5.74) is -0.0433. The van der Waals surface area contributed by atoms with E-state index in [2.05, 4.69) is 32.3 Å². The lowest BCUT2D eigenvalue weighted by Crippen LogP contribution is -2.02. The zero-order valence-corrected chi connectivity index (χ0v) is 10.1. The van der Waals surface area contributed by atoms with Crippen LogP contribution in [0.4, 0.5) is 0 Å². The number of methoxy groups -OCH3 is 1. The number of hydrogen-bond donors (Lipinski definition) is 0. The van der Waals surface area contributed by atoms with Crippen molar-refractivity contribution in [1.29, 1.82) is 5.26 Å². The monoisotopic (exact) mass is 320 g/mol. The first-order valence-electron chi connectivity index (χ1n) is 3.49. The highest BCUT2D eigenvalue weighted by atomic mass is 127. The zero-order chi connectivity index (χ0) is 10.6. The summed E-state index contributed by atoms with van der Waals surface area (Å²) in [7, 11) is 1.24. The summed E-state index contributed by atoms with van der Waals surface area (Å²) in [5, 5.41) is 9.27. The van der Waals surface area contributed by atoms with Crippen LogP contribution in [0.2, 0.25) is 0 Å². The first-order chi connectivity index (χ1) is 6.67. The van der Waals surface area contributed by atoms with Crippen LogP contribution in [-0.4, -0.2) is 18.1 Å². The Bertz CT molecular complexity index is 419. The Morgan fingerprint density at radius 1 is 1.86 bits per heavy atom. The Morgan fingerprint density at radius 2 is 2.57 bits per heavy atom. The number of aromatic nitrogens is 1. The fourth-order valence-corrected chi connectivity index (χ4v) is 2.11. The number of nitrogens with zero attached hydrogens (tertiary/aromatic N) is 2. The molecule has 0 aliphatic rings. The van der Waals surface area contributed by atoms with Gasteiger partial charge >= 0.3 is 5.97 Å². The average Bonchev–Trinajstić information content (AvgIpc) is 2.59. The summed E-state index contributed by atoms with van der Waals surface area (Å²) in [4.78, 5) is 15.0. The molecule has 1 aromatic rings. The second-order valence-corrected chi connectivity index (χ2v) is 5.12. The van der Waals surface area contributed by atoms with Gasteiger partial charge < -0.3 is 4.74 Å². The van der Waals surface area contributed by atoms with Gasteiger partial charge in [-0.2, -0.15) is 5.26 Å². The van der Waals surface area contributed by atoms with Crippen molar-refractivity contribution >= 4 is 46.0 Å². The lowest BCUT2D eigenvalue weighted by Gasteiger charge is -1.93. The van der Waals surface area contributed by atoms with E-state index in [1.807, 2.05) is 0 Å². The van der Waals surface area contributed by atoms with Gasteiger partial charge in [0.1, 0.15) is 16.6 Å². The Kier molecular flexibility index (Phi) is 4.03. The molecule has 0 amide bonds. The third-order valence-corrected chi connectivity index (χ3v) is 2.96. The van der Waals surface area contributed by atoms with Gasteiger partial charge in [0.25, 0.3) is 0 Å². The van der Waals surface area contributed by atoms with E-state index in [-0.39, 0.29) is 5.57 Å². The number of esters is 1. The SMILES string of the molecule is COC(=O)/C(C#N)=C/c1ncc(I)s1. The molecular weight excluding hydrogens is 315 g/mol. The summed E-state index contributed by atoms with van der Waals surface area (Å²) in [6.45, 7) is 0. The second-order valence-electron chi connectivity index (χ2n) is 2.16. The summed E-state index contributed by atoms with van der Waals surface area (Å²) >= 11 is 3.51. The van der Waals surface area contributed by atoms with E-state index >= 15 is 0 Å². The quantitative estimate of drug-likeness (QED) is 0.361. The topological polar surface area (TPSA) is 63.0 Å². The van der Waals surface area contributed by atoms with Crippen LogP contribution in [-0.2, 0) is 9.53 Å². The standard InChI is InChI=1S/C8H5IN2O2S/c1-13-8(12)5(3-10)2-7-11-4-6(9)14-7/h2,4H,1H3/b5-2+. The molecule has 0 saturated heterocycles. The van der Waals surface area contributed by atoms with E-state index < -0.39 is 5.97 Å². The molecule has 0 N–H and O–H groups in total. The molecular formula is C8H5IN2O2S. The molecule has 0 spiro atoms. The molecule has 0 radical (unpaired) electrons. The van der Waals surface area contributed by atoms with E-state index in [4.69, 9.17) is 5.26 Å². The van der Waals surface area contributed by atoms with Crippen molar-refractivity contribution < 1.29 is 9.53 Å². The van der Waals surface area contributed by atoms with Gasteiger partial charge in [0, 0.05) is 0 Å². The van der Waals surface area contributed by atoms with Crippen molar-refractivity contribution in [2.45, 2.75) is 0 Å². The number of halogens is 1. The first-order valence-corrected chi connectivity index (χ1v) is 5.38. The maximum Gasteiger partial charge on any atom is 0.348 e. The third kappa shape index (κ3) is 2.78. The highest BCUT2D eigenvalue weighted by Gasteiger charge is 2.09. The number of nitriles is 1. The molecule has 0 fully saturated rings. The number of ether oxygens (including phenoxy) is 1. The average molecular weight is 320 g/mol. The maximum absolute atomic E-state index is 11.0. The molecule has 4 nitrogen and oxygen atoms in total. The van der Waals surface area contributed by atoms with Crippen LogP contribution in [0.3, 0.4) is 0 Å². The Labute approximate surface area is 98.4 Å². The molecule has 1 aromatic heterocycles. The van der Waals surface area contributed by atoms with Gasteiger partial charge in [0.05, 0.1) is 16.2 Å². The molecule has 1 heterocycles. The van der Waals surface area contributed by atoms with Crippen molar-refractivity contribution in [3.8, 4) is 6.07 Å². The van der Waals surface area contributed by atoms with Crippen LogP contribution in [0.25, 0.3) is 6.08 Å². The zero-order valence-electron chi connectivity index (χ0n) is 7.15. The minimum atomic E-state index is -0.641. The Hall–Kier alpha value is -0.940. The largest absolute Gasteiger partial charge is 0.465 e. The van der Waals surface area contributed by atoms with Gasteiger partial charge in [-0.3, -0.25) is 0 Å². The minimum Gasteiger partial charge on any atom is -0.465 e. The molecule has 14 heavy (non-hydrogen) atoms. The molecule has 6 heteroatoms. The maximum atomic E-state index is 11.0. The van der Waals surface area contributed by atoms with Crippen LogP contribution in [0, 0.1) is 14.2 Å². The number of thiazole rings is 1. The van der Waals surface area contributed by atoms with E-state index in [0.29, 0.717) is 5.01 Å². The lowest BCUT2D eigenvalue weighted by atomic mass is 10.3. The minimum absolute atomic E-state index is 0.0433. The normalized spacial score (nSPS) is 10.8. The van der Waals surface area contributed by atoms with E-state index in [1.165, 1.54) is 24.5 Å². The summed E-state index contributed by atoms with van der Waals surface area (Å²) in [6, 6.07) is 1.76. The molecule has 0 aliphatic heterocycles.